The van der Waals surface area contributed by atoms with Crippen molar-refractivity contribution >= 4 is 31.1 Å². The number of esters is 1. The molecule has 0 aliphatic carbocycles. The summed E-state index contributed by atoms with van der Waals surface area (Å²) in [5.74, 6) is -0.803. The topological polar surface area (TPSA) is 99.0 Å². The van der Waals surface area contributed by atoms with Crippen molar-refractivity contribution in [2.24, 2.45) is 0 Å². The van der Waals surface area contributed by atoms with Crippen LogP contribution in [0.5, 0.6) is 0 Å². The average Bonchev–Trinajstić information content (AvgIpc) is 3.22. The van der Waals surface area contributed by atoms with E-state index < -0.39 is 38.8 Å². The van der Waals surface area contributed by atoms with Gasteiger partial charge in [-0.05, 0) is 34.3 Å². The molecular weight excluding hydrogens is 500 g/mol. The number of para-hydroxylation sites is 1. The van der Waals surface area contributed by atoms with Gasteiger partial charge in [-0.25, -0.2) is 4.79 Å². The average molecular weight is 545 g/mol. The molecule has 0 fully saturated rings. The number of benzene rings is 1. The van der Waals surface area contributed by atoms with Crippen LogP contribution in [0.4, 0.5) is 0 Å². The molecule has 0 saturated heterocycles. The first kappa shape index (κ1) is 30.1. The minimum atomic E-state index is -2.13. The van der Waals surface area contributed by atoms with E-state index in [0.717, 1.165) is 16.5 Å². The number of aromatic nitrogens is 1. The van der Waals surface area contributed by atoms with E-state index in [-0.39, 0.29) is 12.3 Å². The van der Waals surface area contributed by atoms with Gasteiger partial charge in [0.1, 0.15) is 18.2 Å². The van der Waals surface area contributed by atoms with Crippen molar-refractivity contribution in [3.05, 3.63) is 48.2 Å². The number of ether oxygens (including phenoxy) is 2. The summed E-state index contributed by atoms with van der Waals surface area (Å²) in [7, 11) is -0.819. The number of aliphatic hydroxyl groups excluding tert-OH is 1. The molecule has 4 atom stereocenters. The molecule has 2 heterocycles. The van der Waals surface area contributed by atoms with Crippen LogP contribution in [0.25, 0.3) is 10.9 Å². The molecule has 0 unspecified atom stereocenters. The van der Waals surface area contributed by atoms with Crippen LogP contribution >= 0.6 is 0 Å². The summed E-state index contributed by atoms with van der Waals surface area (Å²) >= 11 is 0. The third-order valence-corrected chi connectivity index (χ3v) is 13.8. The van der Waals surface area contributed by atoms with E-state index in [1.54, 1.807) is 6.08 Å². The highest BCUT2D eigenvalue weighted by Gasteiger charge is 2.46. The predicted molar refractivity (Wildman–Crippen MR) is 151 cm³/mol. The Hall–Kier alpha value is -2.46. The first-order chi connectivity index (χ1) is 17.9. The largest absolute Gasteiger partial charge is 0.467 e. The van der Waals surface area contributed by atoms with Crippen molar-refractivity contribution in [1.29, 1.82) is 0 Å². The maximum absolute atomic E-state index is 12.4. The fraction of sp³-hybridized carbons (Fsp3) is 0.586. The second kappa shape index (κ2) is 12.6. The Kier molecular flexibility index (Phi) is 9.97. The number of nitrogens with zero attached hydrogens (tertiary/aromatic N) is 1. The number of carbonyl (C=O) groups excluding carboxylic acids is 2. The van der Waals surface area contributed by atoms with E-state index in [1.807, 2.05) is 41.1 Å². The van der Waals surface area contributed by atoms with Crippen LogP contribution < -0.4 is 5.32 Å². The molecule has 0 bridgehead atoms. The quantitative estimate of drug-likeness (QED) is 0.238. The lowest BCUT2D eigenvalue weighted by Crippen LogP contribution is -2.50. The van der Waals surface area contributed by atoms with Crippen LogP contribution in [-0.4, -0.2) is 61.8 Å². The molecule has 1 aliphatic heterocycles. The Balaban J connectivity index is 1.89. The number of methoxy groups -OCH3 is 1. The van der Waals surface area contributed by atoms with E-state index in [0.29, 0.717) is 23.2 Å². The first-order valence-electron chi connectivity index (χ1n) is 13.5. The highest BCUT2D eigenvalue weighted by Crippen LogP contribution is 2.42. The third-order valence-electron chi connectivity index (χ3n) is 7.76. The van der Waals surface area contributed by atoms with Crippen LogP contribution in [0.15, 0.2) is 42.6 Å². The number of hydrogen-bond donors (Lipinski definition) is 2. The second-order valence-electron chi connectivity index (χ2n) is 11.1. The van der Waals surface area contributed by atoms with Crippen molar-refractivity contribution in [1.82, 2.24) is 9.88 Å². The monoisotopic (exact) mass is 544 g/mol. The molecule has 1 aromatic heterocycles. The van der Waals surface area contributed by atoms with Gasteiger partial charge in [-0.3, -0.25) is 4.79 Å². The van der Waals surface area contributed by atoms with Gasteiger partial charge in [0.25, 0.3) is 0 Å². The summed E-state index contributed by atoms with van der Waals surface area (Å²) in [5.41, 5.74) is 3.09. The molecule has 0 radical (unpaired) electrons. The molecular formula is C29H44N2O6Si. The molecule has 8 nitrogen and oxygen atoms in total. The normalized spacial score (nSPS) is 20.9. The number of fused-ring (bicyclic) bond motifs is 1. The van der Waals surface area contributed by atoms with E-state index in [1.165, 1.54) is 14.0 Å². The Morgan fingerprint density at radius 1 is 1.08 bits per heavy atom. The minimum Gasteiger partial charge on any atom is -0.467 e. The van der Waals surface area contributed by atoms with Crippen molar-refractivity contribution in [2.75, 3.05) is 13.7 Å². The number of carbonyl (C=O) groups is 2. The Morgan fingerprint density at radius 3 is 2.29 bits per heavy atom. The molecule has 210 valence electrons. The zero-order valence-electron chi connectivity index (χ0n) is 23.9. The van der Waals surface area contributed by atoms with Crippen molar-refractivity contribution < 1.29 is 28.6 Å². The lowest BCUT2D eigenvalue weighted by Gasteiger charge is -2.43. The van der Waals surface area contributed by atoms with E-state index in [4.69, 9.17) is 13.9 Å². The number of rotatable bonds is 11. The maximum Gasteiger partial charge on any atom is 0.328 e. The molecule has 9 heteroatoms. The van der Waals surface area contributed by atoms with Gasteiger partial charge >= 0.3 is 5.97 Å². The van der Waals surface area contributed by atoms with Crippen LogP contribution in [0.2, 0.25) is 16.6 Å². The van der Waals surface area contributed by atoms with Crippen LogP contribution in [0.1, 0.15) is 60.3 Å². The molecule has 0 spiro atoms. The van der Waals surface area contributed by atoms with Crippen molar-refractivity contribution in [3.8, 4) is 0 Å². The highest BCUT2D eigenvalue weighted by molar-refractivity contribution is 6.77. The van der Waals surface area contributed by atoms with Gasteiger partial charge < -0.3 is 28.9 Å². The van der Waals surface area contributed by atoms with Gasteiger partial charge in [-0.2, -0.15) is 0 Å². The van der Waals surface area contributed by atoms with Crippen molar-refractivity contribution in [2.45, 2.75) is 96.0 Å². The Labute approximate surface area is 227 Å². The minimum absolute atomic E-state index is 0.274. The highest BCUT2D eigenvalue weighted by atomic mass is 28.4. The van der Waals surface area contributed by atoms with Crippen LogP contribution in [0.3, 0.4) is 0 Å². The van der Waals surface area contributed by atoms with Crippen LogP contribution in [0, 0.1) is 0 Å². The molecule has 0 saturated carbocycles. The summed E-state index contributed by atoms with van der Waals surface area (Å²) in [5, 5.41) is 14.4. The number of hydrogen-bond acceptors (Lipinski definition) is 6. The Morgan fingerprint density at radius 2 is 1.71 bits per heavy atom. The molecule has 1 amide bonds. The molecule has 2 aromatic rings. The van der Waals surface area contributed by atoms with E-state index in [9.17, 15) is 14.7 Å². The third kappa shape index (κ3) is 6.22. The first-order valence-corrected chi connectivity index (χ1v) is 15.7. The Bertz CT molecular complexity index is 1120. The molecule has 1 aromatic carbocycles. The molecule has 38 heavy (non-hydrogen) atoms. The van der Waals surface area contributed by atoms with Crippen LogP contribution in [-0.2, 0) is 29.9 Å². The lowest BCUT2D eigenvalue weighted by atomic mass is 10.1. The summed E-state index contributed by atoms with van der Waals surface area (Å²) in [6, 6.07) is 7.06. The summed E-state index contributed by atoms with van der Waals surface area (Å²) in [4.78, 5) is 24.1. The molecule has 3 rings (SSSR count). The number of aliphatic hydroxyl groups is 1. The fourth-order valence-corrected chi connectivity index (χ4v) is 11.6. The number of amides is 1. The van der Waals surface area contributed by atoms with Gasteiger partial charge in [0.05, 0.1) is 19.2 Å². The molecule has 1 aliphatic rings. The summed E-state index contributed by atoms with van der Waals surface area (Å²) in [6.45, 7) is 15.1. The smallest absolute Gasteiger partial charge is 0.328 e. The maximum atomic E-state index is 12.4. The molecule has 2 N–H and O–H groups in total. The summed E-state index contributed by atoms with van der Waals surface area (Å²) < 4.78 is 20.1. The predicted octanol–water partition coefficient (Wildman–Crippen LogP) is 4.87. The zero-order chi connectivity index (χ0) is 28.2. The second-order valence-corrected chi connectivity index (χ2v) is 16.6. The summed E-state index contributed by atoms with van der Waals surface area (Å²) in [6.07, 6.45) is 4.10. The zero-order valence-corrected chi connectivity index (χ0v) is 24.9. The standard InChI is InChI=1S/C29H44N2O6Si/c1-18(2)38(19(3)4,20(5)6)36-17-27-26(33)13-14-28(37-27)31-16-22(23-11-9-10-12-25(23)31)15-24(29(34)35-8)30-21(7)32/h9-14,16,18-20,24,26-28,33H,15,17H2,1-8H3,(H,30,32)/t24-,26-,27-,28-/m1/s1. The SMILES string of the molecule is COC(=O)[C@@H](Cc1cn([C@H]2C=C[C@@H](O)[C@@H](CO[Si](C(C)C)(C(C)C)C(C)C)O2)c2ccccc12)NC(C)=O. The van der Waals surface area contributed by atoms with Gasteiger partial charge in [-0.1, -0.05) is 65.8 Å². The van der Waals surface area contributed by atoms with Gasteiger partial charge in [0, 0.05) is 24.9 Å². The van der Waals surface area contributed by atoms with Crippen molar-refractivity contribution in [3.63, 3.8) is 0 Å². The number of nitrogens with one attached hydrogen (secondary N) is 1. The van der Waals surface area contributed by atoms with Gasteiger partial charge in [-0.15, -0.1) is 0 Å². The van der Waals surface area contributed by atoms with E-state index in [2.05, 4.69) is 46.9 Å². The van der Waals surface area contributed by atoms with E-state index >= 15 is 0 Å². The van der Waals surface area contributed by atoms with Gasteiger partial charge in [0.15, 0.2) is 14.5 Å². The fourth-order valence-electron chi connectivity index (χ4n) is 6.11. The lowest BCUT2D eigenvalue weighted by molar-refractivity contribution is -0.144. The van der Waals surface area contributed by atoms with Gasteiger partial charge in [0.2, 0.25) is 5.91 Å².